The molecule has 5 heteroatoms. The summed E-state index contributed by atoms with van der Waals surface area (Å²) in [6.45, 7) is 3.66. The van der Waals surface area contributed by atoms with E-state index >= 15 is 0 Å². The van der Waals surface area contributed by atoms with Crippen LogP contribution < -0.4 is 4.90 Å². The van der Waals surface area contributed by atoms with Gasteiger partial charge in [-0.1, -0.05) is 0 Å². The largest absolute Gasteiger partial charge is 0.461 e. The predicted octanol–water partition coefficient (Wildman–Crippen LogP) is 2.42. The summed E-state index contributed by atoms with van der Waals surface area (Å²) in [6, 6.07) is 9.94. The second kappa shape index (κ2) is 6.10. The van der Waals surface area contributed by atoms with E-state index in [0.717, 1.165) is 31.9 Å². The smallest absolute Gasteiger partial charge is 0.211 e. The maximum atomic E-state index is 12.9. The van der Waals surface area contributed by atoms with Crippen molar-refractivity contribution in [1.29, 1.82) is 0 Å². The molecule has 110 valence electrons. The SMILES string of the molecule is O=C(CN1CCN(c2ccc(F)cc2)CC1)c1ccco1. The van der Waals surface area contributed by atoms with Gasteiger partial charge in [-0.05, 0) is 36.4 Å². The Morgan fingerprint density at radius 3 is 2.43 bits per heavy atom. The van der Waals surface area contributed by atoms with E-state index < -0.39 is 0 Å². The van der Waals surface area contributed by atoms with Crippen LogP contribution in [-0.2, 0) is 0 Å². The zero-order valence-electron chi connectivity index (χ0n) is 11.7. The normalized spacial score (nSPS) is 16.1. The Morgan fingerprint density at radius 1 is 1.10 bits per heavy atom. The Morgan fingerprint density at radius 2 is 1.81 bits per heavy atom. The lowest BCUT2D eigenvalue weighted by molar-refractivity contribution is 0.0899. The van der Waals surface area contributed by atoms with Crippen molar-refractivity contribution >= 4 is 11.5 Å². The number of Topliss-reactive ketones (excluding diaryl/α,β-unsaturated/α-hetero) is 1. The van der Waals surface area contributed by atoms with Crippen LogP contribution in [0.2, 0.25) is 0 Å². The highest BCUT2D eigenvalue weighted by molar-refractivity contribution is 5.95. The average molecular weight is 288 g/mol. The molecule has 0 spiro atoms. The fourth-order valence-electron chi connectivity index (χ4n) is 2.53. The molecule has 1 aliphatic heterocycles. The van der Waals surface area contributed by atoms with Gasteiger partial charge < -0.3 is 9.32 Å². The van der Waals surface area contributed by atoms with Gasteiger partial charge in [-0.25, -0.2) is 4.39 Å². The van der Waals surface area contributed by atoms with E-state index in [1.807, 2.05) is 0 Å². The molecule has 0 amide bonds. The molecule has 2 heterocycles. The van der Waals surface area contributed by atoms with Crippen molar-refractivity contribution in [3.8, 4) is 0 Å². The number of rotatable bonds is 4. The summed E-state index contributed by atoms with van der Waals surface area (Å²) < 4.78 is 18.0. The lowest BCUT2D eigenvalue weighted by Gasteiger charge is -2.35. The van der Waals surface area contributed by atoms with Crippen LogP contribution in [0, 0.1) is 5.82 Å². The summed E-state index contributed by atoms with van der Waals surface area (Å²) in [5.74, 6) is 0.202. The Kier molecular flexibility index (Phi) is 4.01. The molecule has 0 bridgehead atoms. The minimum absolute atomic E-state index is 0.00947. The third kappa shape index (κ3) is 3.31. The van der Waals surface area contributed by atoms with E-state index in [4.69, 9.17) is 4.42 Å². The summed E-state index contributed by atoms with van der Waals surface area (Å²) >= 11 is 0. The number of carbonyl (C=O) groups is 1. The molecular weight excluding hydrogens is 271 g/mol. The van der Waals surface area contributed by atoms with Crippen molar-refractivity contribution in [2.45, 2.75) is 0 Å². The minimum atomic E-state index is -0.221. The van der Waals surface area contributed by atoms with Gasteiger partial charge in [0, 0.05) is 31.9 Å². The first kappa shape index (κ1) is 13.8. The van der Waals surface area contributed by atoms with Gasteiger partial charge in [-0.15, -0.1) is 0 Å². The second-order valence-electron chi connectivity index (χ2n) is 5.14. The zero-order chi connectivity index (χ0) is 14.7. The van der Waals surface area contributed by atoms with Crippen molar-refractivity contribution < 1.29 is 13.6 Å². The van der Waals surface area contributed by atoms with Gasteiger partial charge in [-0.2, -0.15) is 0 Å². The maximum absolute atomic E-state index is 12.9. The van der Waals surface area contributed by atoms with Crippen LogP contribution in [0.25, 0.3) is 0 Å². The van der Waals surface area contributed by atoms with E-state index in [-0.39, 0.29) is 11.6 Å². The minimum Gasteiger partial charge on any atom is -0.461 e. The number of benzene rings is 1. The Hall–Kier alpha value is -2.14. The second-order valence-corrected chi connectivity index (χ2v) is 5.14. The van der Waals surface area contributed by atoms with Gasteiger partial charge in [-0.3, -0.25) is 9.69 Å². The Labute approximate surface area is 122 Å². The highest BCUT2D eigenvalue weighted by Gasteiger charge is 2.20. The zero-order valence-corrected chi connectivity index (χ0v) is 11.7. The van der Waals surface area contributed by atoms with Crippen LogP contribution >= 0.6 is 0 Å². The number of furan rings is 1. The molecule has 0 aliphatic carbocycles. The highest BCUT2D eigenvalue weighted by atomic mass is 19.1. The Balaban J connectivity index is 1.53. The van der Waals surface area contributed by atoms with Crippen LogP contribution in [0.3, 0.4) is 0 Å². The van der Waals surface area contributed by atoms with Crippen molar-refractivity contribution in [3.63, 3.8) is 0 Å². The first-order valence-corrected chi connectivity index (χ1v) is 7.02. The molecule has 1 saturated heterocycles. The molecule has 3 rings (SSSR count). The van der Waals surface area contributed by atoms with Crippen molar-refractivity contribution in [2.24, 2.45) is 0 Å². The van der Waals surface area contributed by atoms with Gasteiger partial charge >= 0.3 is 0 Å². The van der Waals surface area contributed by atoms with E-state index in [1.165, 1.54) is 18.4 Å². The fraction of sp³-hybridized carbons (Fsp3) is 0.312. The monoisotopic (exact) mass is 288 g/mol. The first-order valence-electron chi connectivity index (χ1n) is 7.02. The summed E-state index contributed by atoms with van der Waals surface area (Å²) in [5, 5.41) is 0. The highest BCUT2D eigenvalue weighted by Crippen LogP contribution is 2.17. The van der Waals surface area contributed by atoms with Crippen LogP contribution in [0.4, 0.5) is 10.1 Å². The van der Waals surface area contributed by atoms with E-state index in [0.29, 0.717) is 12.3 Å². The average Bonchev–Trinajstić information content (AvgIpc) is 3.03. The number of halogens is 1. The number of hydrogen-bond donors (Lipinski definition) is 0. The summed E-state index contributed by atoms with van der Waals surface area (Å²) in [7, 11) is 0. The lowest BCUT2D eigenvalue weighted by Crippen LogP contribution is -2.48. The number of anilines is 1. The van der Waals surface area contributed by atoms with E-state index in [1.54, 1.807) is 24.3 Å². The number of hydrogen-bond acceptors (Lipinski definition) is 4. The number of nitrogens with zero attached hydrogens (tertiary/aromatic N) is 2. The fourth-order valence-corrected chi connectivity index (χ4v) is 2.53. The molecule has 0 saturated carbocycles. The number of ketones is 1. The molecule has 21 heavy (non-hydrogen) atoms. The molecule has 0 radical (unpaired) electrons. The van der Waals surface area contributed by atoms with Crippen molar-refractivity contribution in [3.05, 3.63) is 54.2 Å². The number of carbonyl (C=O) groups excluding carboxylic acids is 1. The number of piperazine rings is 1. The Bertz CT molecular complexity index is 587. The van der Waals surface area contributed by atoms with Crippen LogP contribution in [-0.4, -0.2) is 43.4 Å². The topological polar surface area (TPSA) is 36.7 Å². The molecule has 2 aromatic rings. The van der Waals surface area contributed by atoms with Crippen LogP contribution in [0.1, 0.15) is 10.6 Å². The van der Waals surface area contributed by atoms with Gasteiger partial charge in [0.2, 0.25) is 5.78 Å². The van der Waals surface area contributed by atoms with Crippen LogP contribution in [0.15, 0.2) is 47.1 Å². The van der Waals surface area contributed by atoms with Crippen molar-refractivity contribution in [1.82, 2.24) is 4.90 Å². The molecule has 1 fully saturated rings. The molecule has 1 aliphatic rings. The standard InChI is InChI=1S/C16H17FN2O2/c17-13-3-5-14(6-4-13)19-9-7-18(8-10-19)12-15(20)16-2-1-11-21-16/h1-6,11H,7-10,12H2. The molecule has 4 nitrogen and oxygen atoms in total. The third-order valence-electron chi connectivity index (χ3n) is 3.73. The van der Waals surface area contributed by atoms with Gasteiger partial charge in [0.1, 0.15) is 5.82 Å². The van der Waals surface area contributed by atoms with Crippen molar-refractivity contribution in [2.75, 3.05) is 37.6 Å². The van der Waals surface area contributed by atoms with Gasteiger partial charge in [0.25, 0.3) is 0 Å². The lowest BCUT2D eigenvalue weighted by atomic mass is 10.2. The van der Waals surface area contributed by atoms with Gasteiger partial charge in [0.15, 0.2) is 5.76 Å². The molecule has 1 aromatic heterocycles. The molecule has 1 aromatic carbocycles. The summed E-state index contributed by atoms with van der Waals surface area (Å²) in [4.78, 5) is 16.3. The first-order chi connectivity index (χ1) is 10.2. The molecule has 0 N–H and O–H groups in total. The van der Waals surface area contributed by atoms with Gasteiger partial charge in [0.05, 0.1) is 12.8 Å². The third-order valence-corrected chi connectivity index (χ3v) is 3.73. The predicted molar refractivity (Wildman–Crippen MR) is 78.1 cm³/mol. The van der Waals surface area contributed by atoms with E-state index in [9.17, 15) is 9.18 Å². The quantitative estimate of drug-likeness (QED) is 0.810. The maximum Gasteiger partial charge on any atom is 0.211 e. The molecule has 0 atom stereocenters. The summed E-state index contributed by atoms with van der Waals surface area (Å²) in [5.41, 5.74) is 1.02. The molecular formula is C16H17FN2O2. The van der Waals surface area contributed by atoms with Crippen LogP contribution in [0.5, 0.6) is 0 Å². The molecule has 0 unspecified atom stereocenters. The summed E-state index contributed by atoms with van der Waals surface area (Å²) in [6.07, 6.45) is 1.51. The van der Waals surface area contributed by atoms with E-state index in [2.05, 4.69) is 9.80 Å².